The summed E-state index contributed by atoms with van der Waals surface area (Å²) in [6, 6.07) is 9.68. The summed E-state index contributed by atoms with van der Waals surface area (Å²) in [5.74, 6) is -0.158. The van der Waals surface area contributed by atoms with Gasteiger partial charge in [-0.2, -0.15) is 0 Å². The topological polar surface area (TPSA) is 65.2 Å². The van der Waals surface area contributed by atoms with Crippen LogP contribution in [0.25, 0.3) is 0 Å². The summed E-state index contributed by atoms with van der Waals surface area (Å²) in [7, 11) is 0. The maximum Gasteiger partial charge on any atom is 0.253 e. The number of benzene rings is 1. The van der Waals surface area contributed by atoms with Crippen LogP contribution in [0.1, 0.15) is 52.0 Å². The van der Waals surface area contributed by atoms with E-state index in [4.69, 9.17) is 0 Å². The van der Waals surface area contributed by atoms with Crippen molar-refractivity contribution in [1.29, 1.82) is 0 Å². The molecule has 2 aromatic rings. The first-order valence-electron chi connectivity index (χ1n) is 9.32. The Labute approximate surface area is 154 Å². The van der Waals surface area contributed by atoms with Gasteiger partial charge in [-0.15, -0.1) is 0 Å². The fourth-order valence-corrected chi connectivity index (χ4v) is 3.51. The van der Waals surface area contributed by atoms with Crippen molar-refractivity contribution in [2.45, 2.75) is 46.2 Å². The van der Waals surface area contributed by atoms with Gasteiger partial charge >= 0.3 is 0 Å². The molecule has 1 fully saturated rings. The van der Waals surface area contributed by atoms with Gasteiger partial charge in [0.05, 0.1) is 0 Å². The maximum absolute atomic E-state index is 12.4. The molecule has 1 aromatic heterocycles. The summed E-state index contributed by atoms with van der Waals surface area (Å²) < 4.78 is 0. The van der Waals surface area contributed by atoms with Crippen LogP contribution in [0.4, 0.5) is 0 Å². The standard InChI is InChI=1S/C21H27N3O2/c1-15-12-16(2)23-21(26)19(15)13-22-20(25)18-8-6-17(7-9-18)14-24-10-4-3-5-11-24/h6-9,12H,3-5,10-11,13-14H2,1-2H3,(H,22,25)(H,23,26). The van der Waals surface area contributed by atoms with Crippen LogP contribution in [0.15, 0.2) is 35.1 Å². The van der Waals surface area contributed by atoms with Gasteiger partial charge < -0.3 is 10.3 Å². The van der Waals surface area contributed by atoms with Crippen LogP contribution in [-0.4, -0.2) is 28.9 Å². The number of carbonyl (C=O) groups is 1. The normalized spacial score (nSPS) is 15.0. The average molecular weight is 353 g/mol. The monoisotopic (exact) mass is 353 g/mol. The molecule has 0 unspecified atom stereocenters. The number of hydrogen-bond donors (Lipinski definition) is 2. The first-order chi connectivity index (χ1) is 12.5. The van der Waals surface area contributed by atoms with E-state index in [1.807, 2.05) is 44.2 Å². The highest BCUT2D eigenvalue weighted by Crippen LogP contribution is 2.14. The van der Waals surface area contributed by atoms with Crippen molar-refractivity contribution in [3.63, 3.8) is 0 Å². The minimum absolute atomic E-state index is 0.139. The van der Waals surface area contributed by atoms with E-state index in [2.05, 4.69) is 15.2 Å². The van der Waals surface area contributed by atoms with Crippen LogP contribution in [-0.2, 0) is 13.1 Å². The summed E-state index contributed by atoms with van der Waals surface area (Å²) >= 11 is 0. The van der Waals surface area contributed by atoms with Crippen molar-refractivity contribution in [2.24, 2.45) is 0 Å². The van der Waals surface area contributed by atoms with Crippen molar-refractivity contribution in [3.8, 4) is 0 Å². The summed E-state index contributed by atoms with van der Waals surface area (Å²) in [5, 5.41) is 2.85. The lowest BCUT2D eigenvalue weighted by Crippen LogP contribution is -2.29. The van der Waals surface area contributed by atoms with Crippen molar-refractivity contribution in [1.82, 2.24) is 15.2 Å². The van der Waals surface area contributed by atoms with Gasteiger partial charge in [-0.1, -0.05) is 18.6 Å². The lowest BCUT2D eigenvalue weighted by Gasteiger charge is -2.26. The lowest BCUT2D eigenvalue weighted by atomic mass is 10.1. The number of likely N-dealkylation sites (tertiary alicyclic amines) is 1. The molecule has 0 radical (unpaired) electrons. The second-order valence-electron chi connectivity index (χ2n) is 7.16. The summed E-state index contributed by atoms with van der Waals surface area (Å²) in [5.41, 5.74) is 4.03. The van der Waals surface area contributed by atoms with Crippen LogP contribution >= 0.6 is 0 Å². The molecule has 3 rings (SSSR count). The van der Waals surface area contributed by atoms with E-state index < -0.39 is 0 Å². The molecule has 1 saturated heterocycles. The Kier molecular flexibility index (Phi) is 5.89. The van der Waals surface area contributed by atoms with Crippen molar-refractivity contribution < 1.29 is 4.79 Å². The number of nitrogens with zero attached hydrogens (tertiary/aromatic N) is 1. The molecule has 5 nitrogen and oxygen atoms in total. The SMILES string of the molecule is Cc1cc(C)c(CNC(=O)c2ccc(CN3CCCCC3)cc2)c(=O)[nH]1. The summed E-state index contributed by atoms with van der Waals surface area (Å²) in [6.45, 7) is 7.23. The van der Waals surface area contributed by atoms with Crippen LogP contribution in [0.5, 0.6) is 0 Å². The zero-order valence-electron chi connectivity index (χ0n) is 15.6. The van der Waals surface area contributed by atoms with Gasteiger partial charge in [0, 0.05) is 29.9 Å². The highest BCUT2D eigenvalue weighted by atomic mass is 16.1. The smallest absolute Gasteiger partial charge is 0.253 e. The average Bonchev–Trinajstić information content (AvgIpc) is 2.62. The van der Waals surface area contributed by atoms with E-state index in [1.165, 1.54) is 24.8 Å². The number of nitrogens with one attached hydrogen (secondary N) is 2. The Morgan fingerprint density at radius 1 is 1.12 bits per heavy atom. The van der Waals surface area contributed by atoms with E-state index in [0.29, 0.717) is 11.1 Å². The van der Waals surface area contributed by atoms with Gasteiger partial charge in [0.2, 0.25) is 0 Å². The number of hydrogen-bond acceptors (Lipinski definition) is 3. The molecule has 5 heteroatoms. The number of rotatable bonds is 5. The zero-order chi connectivity index (χ0) is 18.5. The molecule has 2 heterocycles. The molecule has 0 aliphatic carbocycles. The van der Waals surface area contributed by atoms with E-state index in [-0.39, 0.29) is 18.0 Å². The predicted molar refractivity (Wildman–Crippen MR) is 103 cm³/mol. The Balaban J connectivity index is 1.59. The number of amides is 1. The highest BCUT2D eigenvalue weighted by Gasteiger charge is 2.12. The second kappa shape index (κ2) is 8.32. The summed E-state index contributed by atoms with van der Waals surface area (Å²) in [6.07, 6.45) is 3.88. The van der Waals surface area contributed by atoms with Crippen LogP contribution < -0.4 is 10.9 Å². The molecule has 2 N–H and O–H groups in total. The van der Waals surface area contributed by atoms with E-state index >= 15 is 0 Å². The molecule has 1 aliphatic heterocycles. The molecule has 1 aromatic carbocycles. The zero-order valence-corrected chi connectivity index (χ0v) is 15.6. The van der Waals surface area contributed by atoms with Crippen LogP contribution in [0.2, 0.25) is 0 Å². The molecule has 26 heavy (non-hydrogen) atoms. The maximum atomic E-state index is 12.4. The number of pyridine rings is 1. The molecule has 0 bridgehead atoms. The highest BCUT2D eigenvalue weighted by molar-refractivity contribution is 5.94. The van der Waals surface area contributed by atoms with Crippen LogP contribution in [0.3, 0.4) is 0 Å². The molecular formula is C21H27N3O2. The van der Waals surface area contributed by atoms with Crippen molar-refractivity contribution in [3.05, 3.63) is 68.6 Å². The Hall–Kier alpha value is -2.40. The third-order valence-corrected chi connectivity index (χ3v) is 4.99. The quantitative estimate of drug-likeness (QED) is 0.869. The van der Waals surface area contributed by atoms with Gasteiger partial charge in [0.1, 0.15) is 0 Å². The molecule has 0 saturated carbocycles. The van der Waals surface area contributed by atoms with Gasteiger partial charge in [-0.25, -0.2) is 0 Å². The third-order valence-electron chi connectivity index (χ3n) is 4.99. The van der Waals surface area contributed by atoms with Crippen molar-refractivity contribution in [2.75, 3.05) is 13.1 Å². The molecule has 138 valence electrons. The summed E-state index contributed by atoms with van der Waals surface area (Å²) in [4.78, 5) is 29.6. The number of H-pyrrole nitrogens is 1. The fraction of sp³-hybridized carbons (Fsp3) is 0.429. The van der Waals surface area contributed by atoms with E-state index in [9.17, 15) is 9.59 Å². The van der Waals surface area contributed by atoms with E-state index in [0.717, 1.165) is 30.9 Å². The number of carbonyl (C=O) groups excluding carboxylic acids is 1. The molecule has 0 atom stereocenters. The molecule has 1 aliphatic rings. The van der Waals surface area contributed by atoms with Crippen molar-refractivity contribution >= 4 is 5.91 Å². The Morgan fingerprint density at radius 2 is 1.81 bits per heavy atom. The molecule has 0 spiro atoms. The predicted octanol–water partition coefficient (Wildman–Crippen LogP) is 2.91. The van der Waals surface area contributed by atoms with Gasteiger partial charge in [-0.3, -0.25) is 14.5 Å². The minimum Gasteiger partial charge on any atom is -0.348 e. The first kappa shape index (κ1) is 18.4. The Bertz CT molecular complexity index is 818. The lowest BCUT2D eigenvalue weighted by molar-refractivity contribution is 0.0950. The van der Waals surface area contributed by atoms with Gasteiger partial charge in [-0.05, 0) is 69.1 Å². The second-order valence-corrected chi connectivity index (χ2v) is 7.16. The number of aromatic amines is 1. The molecular weight excluding hydrogens is 326 g/mol. The minimum atomic E-state index is -0.158. The number of piperidine rings is 1. The fourth-order valence-electron chi connectivity index (χ4n) is 3.51. The van der Waals surface area contributed by atoms with Gasteiger partial charge in [0.15, 0.2) is 0 Å². The van der Waals surface area contributed by atoms with Gasteiger partial charge in [0.25, 0.3) is 11.5 Å². The van der Waals surface area contributed by atoms with Crippen LogP contribution in [0, 0.1) is 13.8 Å². The van der Waals surface area contributed by atoms with E-state index in [1.54, 1.807) is 0 Å². The molecule has 1 amide bonds. The third kappa shape index (κ3) is 4.61. The number of aromatic nitrogens is 1. The largest absolute Gasteiger partial charge is 0.348 e. The Morgan fingerprint density at radius 3 is 2.46 bits per heavy atom. The first-order valence-corrected chi connectivity index (χ1v) is 9.32. The number of aryl methyl sites for hydroxylation is 2.